The third-order valence-electron chi connectivity index (χ3n) is 4.15. The molecule has 0 amide bonds. The summed E-state index contributed by atoms with van der Waals surface area (Å²) in [5.74, 6) is 0.00971. The van der Waals surface area contributed by atoms with E-state index in [1.807, 2.05) is 6.92 Å². The fourth-order valence-corrected chi connectivity index (χ4v) is 2.73. The van der Waals surface area contributed by atoms with Gasteiger partial charge in [-0.05, 0) is 37.7 Å². The average Bonchev–Trinajstić information content (AvgIpc) is 2.69. The summed E-state index contributed by atoms with van der Waals surface area (Å²) >= 11 is 0. The van der Waals surface area contributed by atoms with Gasteiger partial charge in [-0.3, -0.25) is 4.79 Å². The molecule has 0 aromatic heterocycles. The molecule has 3 nitrogen and oxygen atoms in total. The zero-order valence-corrected chi connectivity index (χ0v) is 11.2. The lowest BCUT2D eigenvalue weighted by Crippen LogP contribution is -2.31. The highest BCUT2D eigenvalue weighted by molar-refractivity contribution is 5.74. The first kappa shape index (κ1) is 13.3. The van der Waals surface area contributed by atoms with Crippen LogP contribution in [-0.4, -0.2) is 23.3 Å². The molecule has 3 heteroatoms. The largest absolute Gasteiger partial charge is 0.459 e. The fraction of sp³-hybridized carbons (Fsp3) is 0.667. The lowest BCUT2D eigenvalue weighted by Gasteiger charge is -2.28. The molecule has 1 saturated heterocycles. The topological polar surface area (TPSA) is 46.5 Å². The first-order valence-corrected chi connectivity index (χ1v) is 6.72. The number of esters is 1. The predicted molar refractivity (Wildman–Crippen MR) is 69.9 cm³/mol. The van der Waals surface area contributed by atoms with Crippen LogP contribution >= 0.6 is 0 Å². The van der Waals surface area contributed by atoms with Gasteiger partial charge in [0, 0.05) is 6.42 Å². The summed E-state index contributed by atoms with van der Waals surface area (Å²) in [5, 5.41) is 10.3. The van der Waals surface area contributed by atoms with Crippen molar-refractivity contribution in [2.24, 2.45) is 11.8 Å². The number of hydrogen-bond donors (Lipinski definition) is 1. The fourth-order valence-electron chi connectivity index (χ4n) is 2.73. The Morgan fingerprint density at radius 1 is 1.61 bits per heavy atom. The van der Waals surface area contributed by atoms with E-state index >= 15 is 0 Å². The number of hydrogen-bond acceptors (Lipinski definition) is 3. The lowest BCUT2D eigenvalue weighted by atomic mass is 9.81. The van der Waals surface area contributed by atoms with E-state index in [4.69, 9.17) is 4.74 Å². The third-order valence-corrected chi connectivity index (χ3v) is 4.15. The van der Waals surface area contributed by atoms with Crippen LogP contribution in [0.5, 0.6) is 0 Å². The van der Waals surface area contributed by atoms with Crippen molar-refractivity contribution in [3.63, 3.8) is 0 Å². The van der Waals surface area contributed by atoms with Gasteiger partial charge in [0.1, 0.15) is 12.2 Å². The Bertz CT molecular complexity index is 383. The Hall–Kier alpha value is -1.09. The van der Waals surface area contributed by atoms with Gasteiger partial charge in [-0.15, -0.1) is 0 Å². The van der Waals surface area contributed by atoms with Crippen molar-refractivity contribution >= 4 is 5.97 Å². The highest BCUT2D eigenvalue weighted by Crippen LogP contribution is 2.33. The van der Waals surface area contributed by atoms with Gasteiger partial charge in [-0.25, -0.2) is 0 Å². The third kappa shape index (κ3) is 2.66. The standard InChI is InChI=1S/C15H22O3/c1-9-4-6-12(7-5-9)11(3)14(16)13-8-10(2)15(17)18-13/h4,10,12-14,16H,3,5-8H2,1-2H3/t10-,12-,13-,14+/m1/s1. The predicted octanol–water partition coefficient (Wildman–Crippen LogP) is 2.60. The van der Waals surface area contributed by atoms with Crippen molar-refractivity contribution in [3.8, 4) is 0 Å². The molecule has 0 unspecified atom stereocenters. The molecular weight excluding hydrogens is 228 g/mol. The van der Waals surface area contributed by atoms with Gasteiger partial charge in [-0.1, -0.05) is 25.2 Å². The van der Waals surface area contributed by atoms with Crippen molar-refractivity contribution in [1.29, 1.82) is 0 Å². The molecule has 0 aromatic rings. The van der Waals surface area contributed by atoms with E-state index in [1.165, 1.54) is 5.57 Å². The number of carbonyl (C=O) groups excluding carboxylic acids is 1. The summed E-state index contributed by atoms with van der Waals surface area (Å²) in [4.78, 5) is 11.4. The van der Waals surface area contributed by atoms with Gasteiger partial charge in [0.25, 0.3) is 0 Å². The summed E-state index contributed by atoms with van der Waals surface area (Å²) in [5.41, 5.74) is 2.24. The smallest absolute Gasteiger partial charge is 0.309 e. The lowest BCUT2D eigenvalue weighted by molar-refractivity contribution is -0.146. The molecule has 4 atom stereocenters. The number of aliphatic hydroxyl groups excluding tert-OH is 1. The van der Waals surface area contributed by atoms with Crippen molar-refractivity contribution in [2.75, 3.05) is 0 Å². The molecular formula is C15H22O3. The highest BCUT2D eigenvalue weighted by atomic mass is 16.6. The van der Waals surface area contributed by atoms with Gasteiger partial charge in [-0.2, -0.15) is 0 Å². The van der Waals surface area contributed by atoms with Gasteiger partial charge < -0.3 is 9.84 Å². The summed E-state index contributed by atoms with van der Waals surface area (Å²) in [6, 6.07) is 0. The Labute approximate surface area is 109 Å². The molecule has 1 aliphatic carbocycles. The zero-order chi connectivity index (χ0) is 13.3. The normalized spacial score (nSPS) is 33.8. The molecule has 1 N–H and O–H groups in total. The second kappa shape index (κ2) is 5.27. The minimum atomic E-state index is -0.712. The van der Waals surface area contributed by atoms with Crippen LogP contribution in [0.3, 0.4) is 0 Å². The number of cyclic esters (lactones) is 1. The van der Waals surface area contributed by atoms with Crippen LogP contribution in [0.2, 0.25) is 0 Å². The molecule has 1 fully saturated rings. The summed E-state index contributed by atoms with van der Waals surface area (Å²) in [6.45, 7) is 8.00. The minimum absolute atomic E-state index is 0.106. The Kier molecular flexibility index (Phi) is 3.91. The molecule has 0 bridgehead atoms. The SMILES string of the molecule is C=C([C@@H]1CC=C(C)CC1)[C@H](O)[C@H]1C[C@@H](C)C(=O)O1. The van der Waals surface area contributed by atoms with Crippen molar-refractivity contribution < 1.29 is 14.6 Å². The van der Waals surface area contributed by atoms with Gasteiger partial charge in [0.15, 0.2) is 0 Å². The molecule has 0 saturated carbocycles. The van der Waals surface area contributed by atoms with E-state index in [2.05, 4.69) is 19.6 Å². The molecule has 18 heavy (non-hydrogen) atoms. The molecule has 0 radical (unpaired) electrons. The van der Waals surface area contributed by atoms with Gasteiger partial charge >= 0.3 is 5.97 Å². The Morgan fingerprint density at radius 2 is 2.33 bits per heavy atom. The van der Waals surface area contributed by atoms with E-state index < -0.39 is 12.2 Å². The first-order valence-electron chi connectivity index (χ1n) is 6.72. The van der Waals surface area contributed by atoms with Crippen LogP contribution in [0.15, 0.2) is 23.8 Å². The van der Waals surface area contributed by atoms with Gasteiger partial charge in [0.05, 0.1) is 5.92 Å². The Balaban J connectivity index is 1.95. The molecule has 0 spiro atoms. The minimum Gasteiger partial charge on any atom is -0.459 e. The van der Waals surface area contributed by atoms with E-state index in [9.17, 15) is 9.90 Å². The summed E-state index contributed by atoms with van der Waals surface area (Å²) < 4.78 is 5.20. The second-order valence-electron chi connectivity index (χ2n) is 5.65. The van der Waals surface area contributed by atoms with Gasteiger partial charge in [0.2, 0.25) is 0 Å². The zero-order valence-electron chi connectivity index (χ0n) is 11.2. The van der Waals surface area contributed by atoms with Crippen LogP contribution < -0.4 is 0 Å². The number of allylic oxidation sites excluding steroid dienone is 2. The van der Waals surface area contributed by atoms with Crippen LogP contribution in [0, 0.1) is 11.8 Å². The Morgan fingerprint density at radius 3 is 2.83 bits per heavy atom. The van der Waals surface area contributed by atoms with Crippen molar-refractivity contribution in [3.05, 3.63) is 23.8 Å². The molecule has 1 heterocycles. The monoisotopic (exact) mass is 250 g/mol. The van der Waals surface area contributed by atoms with E-state index in [0.29, 0.717) is 12.3 Å². The first-order chi connectivity index (χ1) is 8.49. The summed E-state index contributed by atoms with van der Waals surface area (Å²) in [7, 11) is 0. The maximum Gasteiger partial charge on any atom is 0.309 e. The van der Waals surface area contributed by atoms with Crippen molar-refractivity contribution in [1.82, 2.24) is 0 Å². The number of ether oxygens (including phenoxy) is 1. The number of carbonyl (C=O) groups is 1. The maximum atomic E-state index is 11.4. The van der Waals surface area contributed by atoms with Crippen LogP contribution in [0.4, 0.5) is 0 Å². The molecule has 2 aliphatic rings. The van der Waals surface area contributed by atoms with E-state index in [-0.39, 0.29) is 11.9 Å². The highest BCUT2D eigenvalue weighted by Gasteiger charge is 2.38. The quantitative estimate of drug-likeness (QED) is 0.618. The number of rotatable bonds is 3. The molecule has 2 rings (SSSR count). The second-order valence-corrected chi connectivity index (χ2v) is 5.65. The molecule has 0 aromatic carbocycles. The van der Waals surface area contributed by atoms with Crippen LogP contribution in [-0.2, 0) is 9.53 Å². The van der Waals surface area contributed by atoms with Crippen LogP contribution in [0.25, 0.3) is 0 Å². The van der Waals surface area contributed by atoms with E-state index in [0.717, 1.165) is 24.8 Å². The number of aliphatic hydroxyl groups is 1. The molecule has 100 valence electrons. The average molecular weight is 250 g/mol. The van der Waals surface area contributed by atoms with Crippen molar-refractivity contribution in [2.45, 2.75) is 51.7 Å². The maximum absolute atomic E-state index is 11.4. The molecule has 1 aliphatic heterocycles. The van der Waals surface area contributed by atoms with E-state index in [1.54, 1.807) is 0 Å². The van der Waals surface area contributed by atoms with Crippen LogP contribution in [0.1, 0.15) is 39.5 Å². The summed E-state index contributed by atoms with van der Waals surface area (Å²) in [6.07, 6.45) is 4.75.